The Hall–Kier alpha value is -1.93. The van der Waals surface area contributed by atoms with E-state index in [1.54, 1.807) is 0 Å². The number of hydrogen-bond donors (Lipinski definition) is 0. The zero-order chi connectivity index (χ0) is 14.4. The summed E-state index contributed by atoms with van der Waals surface area (Å²) in [6.07, 6.45) is 6.00. The number of hydrogen-bond acceptors (Lipinski definition) is 2. The molecule has 0 amide bonds. The molecule has 2 rings (SSSR count). The first-order chi connectivity index (χ1) is 9.66. The Morgan fingerprint density at radius 2 is 1.95 bits per heavy atom. The highest BCUT2D eigenvalue weighted by molar-refractivity contribution is 5.52. The predicted molar refractivity (Wildman–Crippen MR) is 85.4 cm³/mol. The normalized spacial score (nSPS) is 13.5. The van der Waals surface area contributed by atoms with Crippen molar-refractivity contribution >= 4 is 6.08 Å². The van der Waals surface area contributed by atoms with Crippen LogP contribution in [-0.4, -0.2) is 23.5 Å². The fourth-order valence-electron chi connectivity index (χ4n) is 2.29. The summed E-state index contributed by atoms with van der Waals surface area (Å²) in [5, 5.41) is 0. The van der Waals surface area contributed by atoms with Gasteiger partial charge in [-0.1, -0.05) is 48.0 Å². The monoisotopic (exact) mass is 266 g/mol. The molecule has 0 aliphatic rings. The third-order valence-electron chi connectivity index (χ3n) is 3.54. The molecule has 2 nitrogen and oxygen atoms in total. The van der Waals surface area contributed by atoms with Crippen LogP contribution in [0.4, 0.5) is 0 Å². The van der Waals surface area contributed by atoms with Gasteiger partial charge in [0.1, 0.15) is 0 Å². The van der Waals surface area contributed by atoms with Crippen LogP contribution in [0.5, 0.6) is 0 Å². The van der Waals surface area contributed by atoms with E-state index in [1.807, 2.05) is 24.5 Å². The zero-order valence-electron chi connectivity index (χ0n) is 12.5. The highest BCUT2D eigenvalue weighted by Gasteiger charge is 2.11. The SMILES string of the molecule is C/C(=C\c1ccccc1)CN(C)C(C)c1cccnc1. The quantitative estimate of drug-likeness (QED) is 0.807. The lowest BCUT2D eigenvalue weighted by atomic mass is 10.1. The van der Waals surface area contributed by atoms with Crippen molar-refractivity contribution in [1.29, 1.82) is 0 Å². The second-order valence-electron chi connectivity index (χ2n) is 5.28. The molecule has 0 radical (unpaired) electrons. The van der Waals surface area contributed by atoms with E-state index in [9.17, 15) is 0 Å². The third kappa shape index (κ3) is 4.04. The van der Waals surface area contributed by atoms with Gasteiger partial charge >= 0.3 is 0 Å². The molecule has 1 atom stereocenters. The lowest BCUT2D eigenvalue weighted by Crippen LogP contribution is -2.24. The van der Waals surface area contributed by atoms with E-state index in [0.29, 0.717) is 6.04 Å². The largest absolute Gasteiger partial charge is 0.296 e. The van der Waals surface area contributed by atoms with Crippen molar-refractivity contribution in [3.63, 3.8) is 0 Å². The van der Waals surface area contributed by atoms with Gasteiger partial charge in [-0.25, -0.2) is 0 Å². The van der Waals surface area contributed by atoms with E-state index < -0.39 is 0 Å². The maximum absolute atomic E-state index is 4.19. The van der Waals surface area contributed by atoms with Crippen molar-refractivity contribution in [2.45, 2.75) is 19.9 Å². The van der Waals surface area contributed by atoms with E-state index in [-0.39, 0.29) is 0 Å². The Morgan fingerprint density at radius 3 is 2.60 bits per heavy atom. The molecule has 0 bridgehead atoms. The highest BCUT2D eigenvalue weighted by Crippen LogP contribution is 2.18. The van der Waals surface area contributed by atoms with E-state index in [4.69, 9.17) is 0 Å². The standard InChI is InChI=1S/C18H22N2/c1-15(12-17-8-5-4-6-9-17)14-20(3)16(2)18-10-7-11-19-13-18/h4-13,16H,14H2,1-3H3/b15-12+. The van der Waals surface area contributed by atoms with Gasteiger partial charge < -0.3 is 0 Å². The fourth-order valence-corrected chi connectivity index (χ4v) is 2.29. The molecule has 1 unspecified atom stereocenters. The highest BCUT2D eigenvalue weighted by atomic mass is 15.1. The maximum Gasteiger partial charge on any atom is 0.0335 e. The Balaban J connectivity index is 2.01. The molecule has 0 spiro atoms. The van der Waals surface area contributed by atoms with Crippen LogP contribution in [-0.2, 0) is 0 Å². The molecular formula is C18H22N2. The predicted octanol–water partition coefficient (Wildman–Crippen LogP) is 4.18. The third-order valence-corrected chi connectivity index (χ3v) is 3.54. The molecule has 0 aliphatic carbocycles. The van der Waals surface area contributed by atoms with Gasteiger partial charge in [0.25, 0.3) is 0 Å². The number of likely N-dealkylation sites (N-methyl/N-ethyl adjacent to an activating group) is 1. The summed E-state index contributed by atoms with van der Waals surface area (Å²) < 4.78 is 0. The van der Waals surface area contributed by atoms with Crippen molar-refractivity contribution in [1.82, 2.24) is 9.88 Å². The number of aromatic nitrogens is 1. The molecule has 1 aromatic carbocycles. The summed E-state index contributed by atoms with van der Waals surface area (Å²) in [4.78, 5) is 6.53. The fraction of sp³-hybridized carbons (Fsp3) is 0.278. The van der Waals surface area contributed by atoms with Gasteiger partial charge in [-0.05, 0) is 38.1 Å². The van der Waals surface area contributed by atoms with Crippen molar-refractivity contribution in [3.8, 4) is 0 Å². The summed E-state index contributed by atoms with van der Waals surface area (Å²) in [6, 6.07) is 14.9. The van der Waals surface area contributed by atoms with Gasteiger partial charge in [-0.3, -0.25) is 9.88 Å². The molecule has 0 saturated carbocycles. The molecule has 2 heteroatoms. The molecule has 0 fully saturated rings. The van der Waals surface area contributed by atoms with E-state index >= 15 is 0 Å². The Labute approximate surface area is 121 Å². The van der Waals surface area contributed by atoms with Crippen molar-refractivity contribution in [2.75, 3.05) is 13.6 Å². The lowest BCUT2D eigenvalue weighted by Gasteiger charge is -2.25. The lowest BCUT2D eigenvalue weighted by molar-refractivity contribution is 0.283. The summed E-state index contributed by atoms with van der Waals surface area (Å²) in [7, 11) is 2.15. The van der Waals surface area contributed by atoms with Crippen LogP contribution in [0.1, 0.15) is 31.0 Å². The minimum absolute atomic E-state index is 0.364. The minimum Gasteiger partial charge on any atom is -0.296 e. The smallest absolute Gasteiger partial charge is 0.0335 e. The van der Waals surface area contributed by atoms with Gasteiger partial charge in [-0.15, -0.1) is 0 Å². The number of nitrogens with zero attached hydrogens (tertiary/aromatic N) is 2. The van der Waals surface area contributed by atoms with Crippen molar-refractivity contribution < 1.29 is 0 Å². The molecule has 1 aromatic heterocycles. The summed E-state index contributed by atoms with van der Waals surface area (Å²) in [6.45, 7) is 5.34. The first-order valence-electron chi connectivity index (χ1n) is 6.99. The van der Waals surface area contributed by atoms with Crippen LogP contribution >= 0.6 is 0 Å². The molecule has 2 aromatic rings. The van der Waals surface area contributed by atoms with Crippen LogP contribution in [0.2, 0.25) is 0 Å². The first kappa shape index (κ1) is 14.5. The second kappa shape index (κ2) is 7.01. The molecule has 0 aliphatic heterocycles. The number of benzene rings is 1. The summed E-state index contributed by atoms with van der Waals surface area (Å²) in [5.41, 5.74) is 3.87. The molecular weight excluding hydrogens is 244 g/mol. The van der Waals surface area contributed by atoms with E-state index in [0.717, 1.165) is 6.54 Å². The van der Waals surface area contributed by atoms with Gasteiger partial charge in [-0.2, -0.15) is 0 Å². The van der Waals surface area contributed by atoms with Crippen molar-refractivity contribution in [2.24, 2.45) is 0 Å². The topological polar surface area (TPSA) is 16.1 Å². The first-order valence-corrected chi connectivity index (χ1v) is 6.99. The van der Waals surface area contributed by atoms with Crippen molar-refractivity contribution in [3.05, 3.63) is 71.6 Å². The van der Waals surface area contributed by atoms with Gasteiger partial charge in [0.05, 0.1) is 0 Å². The van der Waals surface area contributed by atoms with Crippen LogP contribution < -0.4 is 0 Å². The molecule has 104 valence electrons. The number of pyridine rings is 1. The minimum atomic E-state index is 0.364. The van der Waals surface area contributed by atoms with Gasteiger partial charge in [0.2, 0.25) is 0 Å². The Morgan fingerprint density at radius 1 is 1.20 bits per heavy atom. The van der Waals surface area contributed by atoms with E-state index in [1.165, 1.54) is 16.7 Å². The van der Waals surface area contributed by atoms with E-state index in [2.05, 4.69) is 67.2 Å². The van der Waals surface area contributed by atoms with Gasteiger partial charge in [0.15, 0.2) is 0 Å². The zero-order valence-corrected chi connectivity index (χ0v) is 12.5. The second-order valence-corrected chi connectivity index (χ2v) is 5.28. The van der Waals surface area contributed by atoms with Gasteiger partial charge in [0, 0.05) is 25.0 Å². The average Bonchev–Trinajstić information content (AvgIpc) is 2.48. The van der Waals surface area contributed by atoms with Crippen LogP contribution in [0.15, 0.2) is 60.4 Å². The van der Waals surface area contributed by atoms with Crippen LogP contribution in [0.25, 0.3) is 6.08 Å². The Kier molecular flexibility index (Phi) is 5.08. The molecule has 0 saturated heterocycles. The van der Waals surface area contributed by atoms with Crippen LogP contribution in [0, 0.1) is 0 Å². The maximum atomic E-state index is 4.19. The molecule has 20 heavy (non-hydrogen) atoms. The molecule has 0 N–H and O–H groups in total. The molecule has 1 heterocycles. The summed E-state index contributed by atoms with van der Waals surface area (Å²) in [5.74, 6) is 0. The number of rotatable bonds is 5. The summed E-state index contributed by atoms with van der Waals surface area (Å²) >= 11 is 0. The van der Waals surface area contributed by atoms with Crippen LogP contribution in [0.3, 0.4) is 0 Å². The average molecular weight is 266 g/mol. The Bertz CT molecular complexity index is 546.